The number of likely N-dealkylation sites (tertiary alicyclic amines) is 1. The Balaban J connectivity index is 1.30. The van der Waals surface area contributed by atoms with E-state index < -0.39 is 18.0 Å². The van der Waals surface area contributed by atoms with E-state index in [1.807, 2.05) is 13.1 Å². The predicted molar refractivity (Wildman–Crippen MR) is 161 cm³/mol. The number of nitrogens with zero attached hydrogens (tertiary/aromatic N) is 5. The third-order valence-corrected chi connectivity index (χ3v) is 9.69. The number of aliphatic hydroxyl groups excluding tert-OH is 1. The van der Waals surface area contributed by atoms with Crippen molar-refractivity contribution in [3.8, 4) is 11.5 Å². The number of nitrogens with two attached hydrogens (primary N) is 1. The molecule has 2 fully saturated rings. The summed E-state index contributed by atoms with van der Waals surface area (Å²) in [5.74, 6) is 0.172. The summed E-state index contributed by atoms with van der Waals surface area (Å²) in [5.41, 5.74) is 9.38. The first kappa shape index (κ1) is 27.7. The number of aryl methyl sites for hydroxylation is 1. The third-order valence-electron chi connectivity index (χ3n) is 9.69. The normalized spacial score (nSPS) is 22.8. The molecule has 1 aliphatic carbocycles. The Morgan fingerprint density at radius 1 is 1.16 bits per heavy atom. The number of primary amides is 1. The number of fused-ring (bicyclic) bond motifs is 3. The lowest BCUT2D eigenvalue weighted by Crippen LogP contribution is -2.40. The number of para-hydroxylation sites is 1. The second-order valence-corrected chi connectivity index (χ2v) is 12.5. The van der Waals surface area contributed by atoms with Crippen molar-refractivity contribution in [2.24, 2.45) is 24.6 Å². The van der Waals surface area contributed by atoms with E-state index in [1.54, 1.807) is 15.5 Å². The molecule has 4 atom stereocenters. The van der Waals surface area contributed by atoms with Crippen molar-refractivity contribution in [2.75, 3.05) is 31.1 Å². The van der Waals surface area contributed by atoms with Crippen LogP contribution in [0.4, 0.5) is 14.9 Å². The maximum absolute atomic E-state index is 15.8. The number of anilines is 1. The summed E-state index contributed by atoms with van der Waals surface area (Å²) in [7, 11) is 1.81. The first-order chi connectivity index (χ1) is 20.7. The van der Waals surface area contributed by atoms with E-state index in [-0.39, 0.29) is 36.1 Å². The van der Waals surface area contributed by atoms with Gasteiger partial charge in [0, 0.05) is 50.2 Å². The predicted octanol–water partition coefficient (Wildman–Crippen LogP) is 4.43. The Labute approximate surface area is 248 Å². The SMILES string of the molecule is CC(C)C1CN(CCCO)c2cccc3cc(-c4nc5cc(C(=O)N6C[C@H]7CC[C@@H]6[C@@H]7OC(N)=O)cc(F)c5n4C)n1c23. The number of halogens is 1. The fourth-order valence-corrected chi connectivity index (χ4v) is 7.73. The smallest absolute Gasteiger partial charge is 0.404 e. The monoisotopic (exact) mass is 588 g/mol. The fraction of sp³-hybridized carbons (Fsp3) is 0.469. The van der Waals surface area contributed by atoms with Crippen molar-refractivity contribution in [1.82, 2.24) is 19.0 Å². The van der Waals surface area contributed by atoms with Gasteiger partial charge in [-0.25, -0.2) is 14.2 Å². The van der Waals surface area contributed by atoms with E-state index in [9.17, 15) is 14.7 Å². The summed E-state index contributed by atoms with van der Waals surface area (Å²) < 4.78 is 25.3. The van der Waals surface area contributed by atoms with Crippen molar-refractivity contribution >= 4 is 39.6 Å². The van der Waals surface area contributed by atoms with E-state index >= 15 is 4.39 Å². The van der Waals surface area contributed by atoms with Crippen LogP contribution >= 0.6 is 0 Å². The van der Waals surface area contributed by atoms with Gasteiger partial charge in [0.15, 0.2) is 5.82 Å². The lowest BCUT2D eigenvalue weighted by molar-refractivity contribution is 0.0598. The van der Waals surface area contributed by atoms with Gasteiger partial charge in [0.05, 0.1) is 34.5 Å². The second kappa shape index (κ2) is 10.3. The van der Waals surface area contributed by atoms with Crippen LogP contribution in [0.2, 0.25) is 0 Å². The molecule has 2 aromatic carbocycles. The third kappa shape index (κ3) is 4.27. The number of hydrogen-bond donors (Lipinski definition) is 2. The number of aliphatic hydroxyl groups is 1. The number of hydrogen-bond acceptors (Lipinski definition) is 6. The Hall–Kier alpha value is -4.12. The molecular formula is C32H37FN6O4. The number of amides is 2. The summed E-state index contributed by atoms with van der Waals surface area (Å²) in [6.07, 6.45) is 1.00. The summed E-state index contributed by atoms with van der Waals surface area (Å²) in [4.78, 5) is 34.0. The van der Waals surface area contributed by atoms with Crippen LogP contribution in [0.5, 0.6) is 0 Å². The van der Waals surface area contributed by atoms with Crippen LogP contribution < -0.4 is 10.6 Å². The van der Waals surface area contributed by atoms with Crippen molar-refractivity contribution < 1.29 is 23.8 Å². The second-order valence-electron chi connectivity index (χ2n) is 12.5. The zero-order chi connectivity index (χ0) is 30.2. The summed E-state index contributed by atoms with van der Waals surface area (Å²) >= 11 is 0. The highest BCUT2D eigenvalue weighted by molar-refractivity contribution is 6.00. The fourth-order valence-electron chi connectivity index (χ4n) is 7.73. The van der Waals surface area contributed by atoms with Gasteiger partial charge >= 0.3 is 6.09 Å². The molecule has 4 heterocycles. The quantitative estimate of drug-likeness (QED) is 0.330. The van der Waals surface area contributed by atoms with Gasteiger partial charge in [-0.05, 0) is 49.4 Å². The van der Waals surface area contributed by atoms with Gasteiger partial charge in [0.2, 0.25) is 0 Å². The van der Waals surface area contributed by atoms with Crippen molar-refractivity contribution in [2.45, 2.75) is 51.3 Å². The molecule has 0 radical (unpaired) electrons. The van der Waals surface area contributed by atoms with Gasteiger partial charge in [-0.1, -0.05) is 26.0 Å². The Morgan fingerprint density at radius 3 is 2.72 bits per heavy atom. The largest absolute Gasteiger partial charge is 0.444 e. The van der Waals surface area contributed by atoms with Crippen LogP contribution in [0.1, 0.15) is 49.5 Å². The minimum absolute atomic E-state index is 0.0373. The topological polar surface area (TPSA) is 119 Å². The molecular weight excluding hydrogens is 551 g/mol. The maximum atomic E-state index is 15.8. The van der Waals surface area contributed by atoms with Gasteiger partial charge in [0.1, 0.15) is 17.4 Å². The number of carbonyl (C=O) groups excluding carboxylic acids is 2. The Morgan fingerprint density at radius 2 is 1.98 bits per heavy atom. The molecule has 10 nitrogen and oxygen atoms in total. The molecule has 43 heavy (non-hydrogen) atoms. The van der Waals surface area contributed by atoms with Crippen LogP contribution in [0.15, 0.2) is 36.4 Å². The number of piperidine rings is 1. The van der Waals surface area contributed by atoms with Crippen molar-refractivity contribution in [1.29, 1.82) is 0 Å². The molecule has 2 amide bonds. The number of benzene rings is 2. The van der Waals surface area contributed by atoms with Crippen LogP contribution in [-0.2, 0) is 11.8 Å². The molecule has 3 aliphatic rings. The van der Waals surface area contributed by atoms with Crippen LogP contribution in [0, 0.1) is 17.7 Å². The lowest BCUT2D eigenvalue weighted by atomic mass is 9.99. The average molecular weight is 589 g/mol. The maximum Gasteiger partial charge on any atom is 0.404 e. The van der Waals surface area contributed by atoms with E-state index in [1.165, 1.54) is 6.07 Å². The molecule has 3 N–H and O–H groups in total. The molecule has 1 unspecified atom stereocenters. The van der Waals surface area contributed by atoms with E-state index in [4.69, 9.17) is 15.5 Å². The number of imidazole rings is 1. The summed E-state index contributed by atoms with van der Waals surface area (Å²) in [5, 5.41) is 10.6. The summed E-state index contributed by atoms with van der Waals surface area (Å²) in [6.45, 7) is 6.55. The molecule has 0 spiro atoms. The van der Waals surface area contributed by atoms with Gasteiger partial charge < -0.3 is 34.5 Å². The van der Waals surface area contributed by atoms with E-state index in [2.05, 4.69) is 41.5 Å². The van der Waals surface area contributed by atoms with Gasteiger partial charge in [-0.3, -0.25) is 4.79 Å². The number of ether oxygens (including phenoxy) is 1. The lowest BCUT2D eigenvalue weighted by Gasteiger charge is -2.39. The van der Waals surface area contributed by atoms with Crippen LogP contribution in [0.25, 0.3) is 33.5 Å². The van der Waals surface area contributed by atoms with Gasteiger partial charge in [0.25, 0.3) is 5.91 Å². The molecule has 2 aliphatic heterocycles. The van der Waals surface area contributed by atoms with E-state index in [0.29, 0.717) is 42.2 Å². The van der Waals surface area contributed by atoms with Gasteiger partial charge in [-0.2, -0.15) is 0 Å². The molecule has 1 saturated heterocycles. The van der Waals surface area contributed by atoms with Crippen molar-refractivity contribution in [3.63, 3.8) is 0 Å². The zero-order valence-electron chi connectivity index (χ0n) is 24.7. The number of carbonyl (C=O) groups is 2. The molecule has 2 aromatic heterocycles. The highest BCUT2D eigenvalue weighted by Crippen LogP contribution is 2.44. The van der Waals surface area contributed by atoms with Crippen molar-refractivity contribution in [3.05, 3.63) is 47.8 Å². The number of aromatic nitrogens is 3. The Bertz CT molecular complexity index is 1760. The molecule has 11 heteroatoms. The number of rotatable bonds is 7. The van der Waals surface area contributed by atoms with Crippen LogP contribution in [0.3, 0.4) is 0 Å². The molecule has 1 saturated carbocycles. The van der Waals surface area contributed by atoms with Crippen LogP contribution in [-0.4, -0.2) is 74.5 Å². The van der Waals surface area contributed by atoms with Gasteiger partial charge in [-0.15, -0.1) is 0 Å². The molecule has 2 bridgehead atoms. The minimum Gasteiger partial charge on any atom is -0.444 e. The highest BCUT2D eigenvalue weighted by Gasteiger charge is 2.51. The zero-order valence-corrected chi connectivity index (χ0v) is 24.7. The first-order valence-corrected chi connectivity index (χ1v) is 15.1. The molecule has 226 valence electrons. The van der Waals surface area contributed by atoms with E-state index in [0.717, 1.165) is 41.8 Å². The molecule has 4 aromatic rings. The average Bonchev–Trinajstić information content (AvgIpc) is 3.73. The first-order valence-electron chi connectivity index (χ1n) is 15.1. The minimum atomic E-state index is -0.841. The summed E-state index contributed by atoms with van der Waals surface area (Å²) in [6, 6.07) is 11.2. The standard InChI is InChI=1S/C32H37FN6O4/c1-17(2)26-16-37(10-5-11-40)23-7-4-6-18-14-25(39(26)27(18)23)30-35-22-13-20(12-21(33)28(22)36(30)3)31(41)38-15-19-8-9-24(38)29(19)43-32(34)42/h4,6-7,12-14,17,19,24,26,29,40H,5,8-11,15-16H2,1-3H3,(H2,34,42)/t19-,24-,26?,29-/m1/s1. The molecule has 7 rings (SSSR count). The Kier molecular flexibility index (Phi) is 6.61. The highest BCUT2D eigenvalue weighted by atomic mass is 19.1.